The van der Waals surface area contributed by atoms with Gasteiger partial charge in [0.2, 0.25) is 0 Å². The van der Waals surface area contributed by atoms with E-state index in [1.54, 1.807) is 23.2 Å². The maximum atomic E-state index is 13.1. The largest absolute Gasteiger partial charge is 0.493 e. The van der Waals surface area contributed by atoms with Crippen LogP contribution in [0.2, 0.25) is 0 Å². The van der Waals surface area contributed by atoms with Crippen molar-refractivity contribution in [1.29, 1.82) is 0 Å². The Bertz CT molecular complexity index is 973. The summed E-state index contributed by atoms with van der Waals surface area (Å²) < 4.78 is 10.5. The third kappa shape index (κ3) is 3.20. The van der Waals surface area contributed by atoms with Crippen LogP contribution in [0.3, 0.4) is 0 Å². The molecule has 0 unspecified atom stereocenters. The lowest BCUT2D eigenvalue weighted by molar-refractivity contribution is -0.123. The first kappa shape index (κ1) is 18.9. The Balaban J connectivity index is 1.58. The molecule has 1 saturated heterocycles. The second-order valence-corrected chi connectivity index (χ2v) is 6.91. The minimum atomic E-state index is -0.828. The van der Waals surface area contributed by atoms with Crippen molar-refractivity contribution in [2.75, 3.05) is 19.1 Å². The minimum Gasteiger partial charge on any atom is -0.493 e. The van der Waals surface area contributed by atoms with Gasteiger partial charge in [-0.15, -0.1) is 0 Å². The molecule has 2 aromatic rings. The van der Waals surface area contributed by atoms with Gasteiger partial charge in [-0.25, -0.2) is 4.90 Å². The van der Waals surface area contributed by atoms with Gasteiger partial charge >= 0.3 is 0 Å². The molecule has 2 amide bonds. The standard InChI is InChI=1S/C21H22N4O4/c1-4-13-5-7-14(8-6-13)12-24-19-18(22-23-24)20(26)25(21(19)27)15-9-10-16(28-2)17(11-15)29-3/h5-11,18-19H,4,12H2,1-3H3/t18-,19-/m0/s1. The number of anilines is 1. The summed E-state index contributed by atoms with van der Waals surface area (Å²) >= 11 is 0. The summed E-state index contributed by atoms with van der Waals surface area (Å²) in [6.07, 6.45) is 0.960. The van der Waals surface area contributed by atoms with Gasteiger partial charge in [-0.3, -0.25) is 14.6 Å². The number of ether oxygens (including phenoxy) is 2. The van der Waals surface area contributed by atoms with Gasteiger partial charge in [-0.05, 0) is 29.7 Å². The van der Waals surface area contributed by atoms with Crippen molar-refractivity contribution in [3.63, 3.8) is 0 Å². The number of rotatable bonds is 6. The number of carbonyl (C=O) groups is 2. The van der Waals surface area contributed by atoms with Crippen LogP contribution in [0.4, 0.5) is 5.69 Å². The molecule has 0 saturated carbocycles. The lowest BCUT2D eigenvalue weighted by Gasteiger charge is -2.21. The highest BCUT2D eigenvalue weighted by atomic mass is 16.5. The Morgan fingerprint density at radius 3 is 2.28 bits per heavy atom. The molecular formula is C21H22N4O4. The van der Waals surface area contributed by atoms with E-state index in [1.807, 2.05) is 12.1 Å². The highest BCUT2D eigenvalue weighted by molar-refractivity contribution is 6.25. The van der Waals surface area contributed by atoms with Crippen molar-refractivity contribution >= 4 is 17.5 Å². The molecule has 29 heavy (non-hydrogen) atoms. The third-order valence-corrected chi connectivity index (χ3v) is 5.26. The zero-order valence-electron chi connectivity index (χ0n) is 16.5. The Labute approximate surface area is 168 Å². The molecule has 4 rings (SSSR count). The van der Waals surface area contributed by atoms with Crippen molar-refractivity contribution in [3.05, 3.63) is 53.6 Å². The molecule has 2 aromatic carbocycles. The van der Waals surface area contributed by atoms with E-state index in [0.29, 0.717) is 23.7 Å². The second-order valence-electron chi connectivity index (χ2n) is 6.91. The fourth-order valence-electron chi connectivity index (χ4n) is 3.64. The van der Waals surface area contributed by atoms with Crippen LogP contribution in [0.15, 0.2) is 52.8 Å². The van der Waals surface area contributed by atoms with Gasteiger partial charge in [0.15, 0.2) is 23.6 Å². The Kier molecular flexibility index (Phi) is 4.92. The summed E-state index contributed by atoms with van der Waals surface area (Å²) in [5, 5.41) is 9.76. The van der Waals surface area contributed by atoms with E-state index in [2.05, 4.69) is 29.4 Å². The molecule has 0 aliphatic carbocycles. The summed E-state index contributed by atoms with van der Waals surface area (Å²) in [4.78, 5) is 27.2. The molecule has 0 N–H and O–H groups in total. The van der Waals surface area contributed by atoms with Crippen LogP contribution in [0, 0.1) is 0 Å². The van der Waals surface area contributed by atoms with Crippen molar-refractivity contribution in [1.82, 2.24) is 5.01 Å². The lowest BCUT2D eigenvalue weighted by Crippen LogP contribution is -2.39. The van der Waals surface area contributed by atoms with Crippen molar-refractivity contribution in [3.8, 4) is 11.5 Å². The van der Waals surface area contributed by atoms with Gasteiger partial charge in [0.25, 0.3) is 11.8 Å². The summed E-state index contributed by atoms with van der Waals surface area (Å²) in [6, 6.07) is 11.5. The Morgan fingerprint density at radius 2 is 1.62 bits per heavy atom. The molecule has 1 fully saturated rings. The summed E-state index contributed by atoms with van der Waals surface area (Å²) in [7, 11) is 3.03. The molecule has 0 spiro atoms. The number of hydrogen-bond donors (Lipinski definition) is 0. The zero-order valence-corrected chi connectivity index (χ0v) is 16.5. The Hall–Kier alpha value is -3.42. The van der Waals surface area contributed by atoms with E-state index in [-0.39, 0.29) is 11.8 Å². The average molecular weight is 394 g/mol. The van der Waals surface area contributed by atoms with E-state index in [1.165, 1.54) is 19.8 Å². The molecule has 2 heterocycles. The van der Waals surface area contributed by atoms with Gasteiger partial charge in [0, 0.05) is 6.07 Å². The summed E-state index contributed by atoms with van der Waals surface area (Å²) in [5.41, 5.74) is 2.67. The molecule has 8 heteroatoms. The number of methoxy groups -OCH3 is 2. The Morgan fingerprint density at radius 1 is 0.931 bits per heavy atom. The first-order valence-electron chi connectivity index (χ1n) is 9.42. The fourth-order valence-corrected chi connectivity index (χ4v) is 3.64. The average Bonchev–Trinajstić information content (AvgIpc) is 3.27. The van der Waals surface area contributed by atoms with Crippen LogP contribution < -0.4 is 14.4 Å². The van der Waals surface area contributed by atoms with Crippen LogP contribution in [-0.2, 0) is 22.6 Å². The van der Waals surface area contributed by atoms with Gasteiger partial charge < -0.3 is 9.47 Å². The first-order chi connectivity index (χ1) is 14.1. The second kappa shape index (κ2) is 7.54. The normalized spacial score (nSPS) is 20.4. The van der Waals surface area contributed by atoms with Gasteiger partial charge in [0.05, 0.1) is 26.5 Å². The SMILES string of the molecule is CCc1ccc(CN2N=N[C@@H]3C(=O)N(c4ccc(OC)c(OC)c4)C(=O)[C@H]32)cc1. The quantitative estimate of drug-likeness (QED) is 0.704. The van der Waals surface area contributed by atoms with Crippen LogP contribution in [0.5, 0.6) is 11.5 Å². The number of amides is 2. The van der Waals surface area contributed by atoms with Gasteiger partial charge in [-0.1, -0.05) is 36.4 Å². The predicted octanol–water partition coefficient (Wildman–Crippen LogP) is 2.76. The number of fused-ring (bicyclic) bond motifs is 1. The molecular weight excluding hydrogens is 372 g/mol. The van der Waals surface area contributed by atoms with E-state index in [9.17, 15) is 9.59 Å². The van der Waals surface area contributed by atoms with E-state index in [0.717, 1.165) is 16.9 Å². The number of hydrogen-bond acceptors (Lipinski definition) is 7. The van der Waals surface area contributed by atoms with Crippen LogP contribution in [0.1, 0.15) is 18.1 Å². The van der Waals surface area contributed by atoms with Crippen LogP contribution in [-0.4, -0.2) is 43.1 Å². The number of imide groups is 1. The number of nitrogens with zero attached hydrogens (tertiary/aromatic N) is 4. The smallest absolute Gasteiger partial charge is 0.263 e. The molecule has 2 atom stereocenters. The summed E-state index contributed by atoms with van der Waals surface area (Å²) in [6.45, 7) is 2.51. The molecule has 2 aliphatic heterocycles. The van der Waals surface area contributed by atoms with Crippen molar-refractivity contribution in [2.45, 2.75) is 32.0 Å². The fraction of sp³-hybridized carbons (Fsp3) is 0.333. The van der Waals surface area contributed by atoms with Crippen molar-refractivity contribution < 1.29 is 19.1 Å². The zero-order chi connectivity index (χ0) is 20.5. The van der Waals surface area contributed by atoms with E-state index in [4.69, 9.17) is 9.47 Å². The first-order valence-corrected chi connectivity index (χ1v) is 9.42. The number of carbonyl (C=O) groups excluding carboxylic acids is 2. The van der Waals surface area contributed by atoms with Crippen LogP contribution in [0.25, 0.3) is 0 Å². The van der Waals surface area contributed by atoms with Gasteiger partial charge in [0.1, 0.15) is 0 Å². The van der Waals surface area contributed by atoms with Gasteiger partial charge in [-0.2, -0.15) is 5.11 Å². The van der Waals surface area contributed by atoms with E-state index >= 15 is 0 Å². The number of benzene rings is 2. The lowest BCUT2D eigenvalue weighted by atomic mass is 10.1. The number of aryl methyl sites for hydroxylation is 1. The molecule has 0 bridgehead atoms. The maximum Gasteiger partial charge on any atom is 0.263 e. The predicted molar refractivity (Wildman–Crippen MR) is 106 cm³/mol. The molecule has 0 aromatic heterocycles. The molecule has 8 nitrogen and oxygen atoms in total. The monoisotopic (exact) mass is 394 g/mol. The van der Waals surface area contributed by atoms with Crippen LogP contribution >= 0.6 is 0 Å². The molecule has 2 aliphatic rings. The third-order valence-electron chi connectivity index (χ3n) is 5.26. The highest BCUT2D eigenvalue weighted by Crippen LogP contribution is 2.36. The topological polar surface area (TPSA) is 83.8 Å². The molecule has 150 valence electrons. The molecule has 0 radical (unpaired) electrons. The highest BCUT2D eigenvalue weighted by Gasteiger charge is 2.54. The summed E-state index contributed by atoms with van der Waals surface area (Å²) in [5.74, 6) is 0.228. The van der Waals surface area contributed by atoms with Crippen molar-refractivity contribution in [2.24, 2.45) is 10.3 Å². The minimum absolute atomic E-state index is 0.345. The maximum absolute atomic E-state index is 13.1. The van der Waals surface area contributed by atoms with E-state index < -0.39 is 12.1 Å².